The molecule has 268 valence electrons. The fraction of sp³-hybridized carbons (Fsp3) is 0.295. The molecule has 6 rings (SSSR count). The van der Waals surface area contributed by atoms with E-state index in [-0.39, 0.29) is 43.7 Å². The van der Waals surface area contributed by atoms with E-state index in [4.69, 9.17) is 9.47 Å². The largest absolute Gasteiger partial charge is 0.461 e. The van der Waals surface area contributed by atoms with Crippen molar-refractivity contribution >= 4 is 44.7 Å². The average Bonchev–Trinajstić information content (AvgIpc) is 3.66. The first-order valence-corrected chi connectivity index (χ1v) is 18.6. The van der Waals surface area contributed by atoms with Crippen molar-refractivity contribution < 1.29 is 23.9 Å². The van der Waals surface area contributed by atoms with E-state index < -0.39 is 24.0 Å². The van der Waals surface area contributed by atoms with Gasteiger partial charge in [-0.2, -0.15) is 0 Å². The van der Waals surface area contributed by atoms with Crippen molar-refractivity contribution in [3.63, 3.8) is 0 Å². The molecule has 0 aliphatic heterocycles. The van der Waals surface area contributed by atoms with Crippen LogP contribution in [0.4, 0.5) is 4.79 Å². The molecular formula is C44H45BrN2O5. The van der Waals surface area contributed by atoms with Crippen LogP contribution in [0.15, 0.2) is 120 Å². The molecule has 1 amide bonds. The molecule has 8 heteroatoms. The second kappa shape index (κ2) is 16.6. The van der Waals surface area contributed by atoms with Crippen LogP contribution < -0.4 is 0 Å². The Bertz CT molecular complexity index is 2020. The fourth-order valence-corrected chi connectivity index (χ4v) is 7.64. The monoisotopic (exact) mass is 760 g/mol. The Labute approximate surface area is 314 Å². The van der Waals surface area contributed by atoms with Gasteiger partial charge in [-0.15, -0.1) is 0 Å². The van der Waals surface area contributed by atoms with E-state index in [1.807, 2.05) is 68.4 Å². The third-order valence-electron chi connectivity index (χ3n) is 9.89. The van der Waals surface area contributed by atoms with Crippen molar-refractivity contribution in [1.29, 1.82) is 0 Å². The van der Waals surface area contributed by atoms with Crippen LogP contribution in [-0.4, -0.2) is 53.6 Å². The summed E-state index contributed by atoms with van der Waals surface area (Å²) in [5, 5.41) is 1.00. The number of Topliss-reactive ketones (excluding diaryl/α,β-unsaturated/α-hetero) is 1. The number of ether oxygens (including phenoxy) is 2. The minimum atomic E-state index is -0.885. The highest BCUT2D eigenvalue weighted by Gasteiger charge is 2.35. The predicted molar refractivity (Wildman–Crippen MR) is 209 cm³/mol. The standard InChI is InChI=1S/C44H45BrN2O5/c1-5-22-51-43(49)31(23-29(2)3)25-42(48)41(24-32-27-47(40-17-11-10-12-34(32)40)26-30-18-20-33(45)21-19-30)46(4)44(50)52-28-39-37-15-8-6-13-35(37)36-14-7-9-16-38(36)39/h5-21,27,29,31,39,41H,1,22-26,28H2,2-4H3/t31-,41+/m1/s1. The molecule has 0 N–H and O–H groups in total. The number of hydrogen-bond donors (Lipinski definition) is 0. The second-order valence-corrected chi connectivity index (χ2v) is 14.9. The summed E-state index contributed by atoms with van der Waals surface area (Å²) in [5.41, 5.74) is 7.59. The maximum Gasteiger partial charge on any atom is 0.410 e. The number of carbonyl (C=O) groups is 3. The van der Waals surface area contributed by atoms with Gasteiger partial charge in [0.05, 0.1) is 12.0 Å². The Morgan fingerprint density at radius 2 is 1.52 bits per heavy atom. The molecule has 0 fully saturated rings. The lowest BCUT2D eigenvalue weighted by Gasteiger charge is -2.28. The molecule has 0 spiro atoms. The molecular weight excluding hydrogens is 716 g/mol. The van der Waals surface area contributed by atoms with Crippen LogP contribution in [0, 0.1) is 11.8 Å². The Morgan fingerprint density at radius 1 is 0.885 bits per heavy atom. The number of hydrogen-bond acceptors (Lipinski definition) is 5. The summed E-state index contributed by atoms with van der Waals surface area (Å²) in [6.45, 7) is 8.52. The number of esters is 1. The van der Waals surface area contributed by atoms with E-state index in [9.17, 15) is 14.4 Å². The van der Waals surface area contributed by atoms with E-state index in [0.717, 1.165) is 48.8 Å². The van der Waals surface area contributed by atoms with Crippen LogP contribution in [0.5, 0.6) is 0 Å². The first kappa shape index (κ1) is 36.8. The molecule has 1 aliphatic carbocycles. The zero-order valence-corrected chi connectivity index (χ0v) is 31.6. The van der Waals surface area contributed by atoms with E-state index in [0.29, 0.717) is 13.0 Å². The molecule has 5 aromatic rings. The van der Waals surface area contributed by atoms with Crippen LogP contribution in [0.25, 0.3) is 22.0 Å². The number of fused-ring (bicyclic) bond motifs is 4. The SMILES string of the molecule is C=CCOC(=O)[C@@H](CC(=O)[C@H](Cc1cn(Cc2ccc(Br)cc2)c2ccccc12)N(C)C(=O)OCC1c2ccccc2-c2ccccc21)CC(C)C. The number of ketones is 1. The third-order valence-corrected chi connectivity index (χ3v) is 10.4. The van der Waals surface area contributed by atoms with Gasteiger partial charge in [-0.05, 0) is 63.9 Å². The van der Waals surface area contributed by atoms with Gasteiger partial charge >= 0.3 is 12.1 Å². The third kappa shape index (κ3) is 8.23. The molecule has 0 bridgehead atoms. The lowest BCUT2D eigenvalue weighted by Crippen LogP contribution is -2.45. The predicted octanol–water partition coefficient (Wildman–Crippen LogP) is 9.59. The second-order valence-electron chi connectivity index (χ2n) is 14.0. The van der Waals surface area contributed by atoms with Gasteiger partial charge in [-0.25, -0.2) is 4.79 Å². The van der Waals surface area contributed by atoms with Crippen molar-refractivity contribution in [1.82, 2.24) is 9.47 Å². The average molecular weight is 762 g/mol. The van der Waals surface area contributed by atoms with Crippen LogP contribution in [0.1, 0.15) is 54.9 Å². The number of rotatable bonds is 15. The number of para-hydroxylation sites is 1. The number of halogens is 1. The van der Waals surface area contributed by atoms with Crippen LogP contribution in [0.2, 0.25) is 0 Å². The number of aromatic nitrogens is 1. The number of likely N-dealkylation sites (N-methyl/N-ethyl adjacent to an activating group) is 1. The normalized spacial score (nSPS) is 13.3. The van der Waals surface area contributed by atoms with E-state index in [1.165, 1.54) is 11.0 Å². The summed E-state index contributed by atoms with van der Waals surface area (Å²) in [7, 11) is 1.62. The number of nitrogens with zero attached hydrogens (tertiary/aromatic N) is 2. The van der Waals surface area contributed by atoms with Gasteiger partial charge in [0.15, 0.2) is 5.78 Å². The minimum Gasteiger partial charge on any atom is -0.461 e. The van der Waals surface area contributed by atoms with Crippen molar-refractivity contribution in [3.05, 3.63) is 143 Å². The highest BCUT2D eigenvalue weighted by molar-refractivity contribution is 9.10. The molecule has 7 nitrogen and oxygen atoms in total. The quantitative estimate of drug-likeness (QED) is 0.0785. The highest BCUT2D eigenvalue weighted by atomic mass is 79.9. The first-order valence-electron chi connectivity index (χ1n) is 17.8. The Morgan fingerprint density at radius 3 is 2.17 bits per heavy atom. The van der Waals surface area contributed by atoms with Gasteiger partial charge in [0.25, 0.3) is 0 Å². The molecule has 0 radical (unpaired) electrons. The lowest BCUT2D eigenvalue weighted by atomic mass is 9.88. The van der Waals surface area contributed by atoms with Gasteiger partial charge in [0.2, 0.25) is 0 Å². The van der Waals surface area contributed by atoms with E-state index in [1.54, 1.807) is 7.05 Å². The molecule has 52 heavy (non-hydrogen) atoms. The van der Waals surface area contributed by atoms with Gasteiger partial charge < -0.3 is 18.9 Å². The molecule has 0 saturated heterocycles. The van der Waals surface area contributed by atoms with Crippen molar-refractivity contribution in [3.8, 4) is 11.1 Å². The zero-order valence-electron chi connectivity index (χ0n) is 30.0. The summed E-state index contributed by atoms with van der Waals surface area (Å²) in [6.07, 6.45) is 3.68. The first-order chi connectivity index (χ1) is 25.1. The molecule has 2 atom stereocenters. The summed E-state index contributed by atoms with van der Waals surface area (Å²) < 4.78 is 14.7. The highest BCUT2D eigenvalue weighted by Crippen LogP contribution is 2.44. The molecule has 4 aromatic carbocycles. The Kier molecular flexibility index (Phi) is 11.8. The molecule has 1 aliphatic rings. The minimum absolute atomic E-state index is 0.0582. The summed E-state index contributed by atoms with van der Waals surface area (Å²) >= 11 is 3.52. The number of amides is 1. The smallest absolute Gasteiger partial charge is 0.410 e. The molecule has 0 unspecified atom stereocenters. The summed E-state index contributed by atoms with van der Waals surface area (Å²) in [6, 6.07) is 31.8. The zero-order chi connectivity index (χ0) is 36.8. The number of carbonyl (C=O) groups excluding carboxylic acids is 3. The lowest BCUT2D eigenvalue weighted by molar-refractivity contribution is -0.150. The Hall–Kier alpha value is -4.95. The van der Waals surface area contributed by atoms with Crippen LogP contribution in [-0.2, 0) is 32.0 Å². The van der Waals surface area contributed by atoms with E-state index in [2.05, 4.69) is 75.7 Å². The topological polar surface area (TPSA) is 77.8 Å². The van der Waals surface area contributed by atoms with Gasteiger partial charge in [-0.3, -0.25) is 9.59 Å². The van der Waals surface area contributed by atoms with Crippen LogP contribution in [0.3, 0.4) is 0 Å². The maximum absolute atomic E-state index is 14.4. The summed E-state index contributed by atoms with van der Waals surface area (Å²) in [4.78, 5) is 43.0. The van der Waals surface area contributed by atoms with Crippen molar-refractivity contribution in [2.75, 3.05) is 20.3 Å². The van der Waals surface area contributed by atoms with Gasteiger partial charge in [-0.1, -0.05) is 121 Å². The van der Waals surface area contributed by atoms with Crippen molar-refractivity contribution in [2.24, 2.45) is 11.8 Å². The fourth-order valence-electron chi connectivity index (χ4n) is 7.37. The van der Waals surface area contributed by atoms with Gasteiger partial charge in [0, 0.05) is 53.9 Å². The molecule has 1 aromatic heterocycles. The van der Waals surface area contributed by atoms with Crippen molar-refractivity contribution in [2.45, 2.75) is 51.6 Å². The molecule has 0 saturated carbocycles. The molecule has 1 heterocycles. The summed E-state index contributed by atoms with van der Waals surface area (Å²) in [5.74, 6) is -1.27. The Balaban J connectivity index is 1.29. The van der Waals surface area contributed by atoms with E-state index >= 15 is 0 Å². The van der Waals surface area contributed by atoms with Crippen LogP contribution >= 0.6 is 15.9 Å². The maximum atomic E-state index is 14.4. The number of benzene rings is 4. The van der Waals surface area contributed by atoms with Gasteiger partial charge in [0.1, 0.15) is 13.2 Å².